The maximum atomic E-state index is 12.9. The number of Topliss-reactive ketones (excluding diaryl/α,β-unsaturated/α-hetero) is 1. The molecular formula is C20H16O6. The normalized spacial score (nSPS) is 21.0. The van der Waals surface area contributed by atoms with E-state index in [1.54, 1.807) is 0 Å². The molecule has 0 aliphatic heterocycles. The van der Waals surface area contributed by atoms with Gasteiger partial charge in [-0.05, 0) is 37.5 Å². The number of hydrogen-bond acceptors (Lipinski definition) is 6. The molecule has 2 aromatic carbocycles. The van der Waals surface area contributed by atoms with Gasteiger partial charge < -0.3 is 15.3 Å². The Kier molecular flexibility index (Phi) is 3.33. The number of hydrogen-bond donors (Lipinski definition) is 3. The van der Waals surface area contributed by atoms with Crippen molar-refractivity contribution in [2.24, 2.45) is 0 Å². The third kappa shape index (κ3) is 2.05. The Morgan fingerprint density at radius 1 is 1.08 bits per heavy atom. The molecule has 26 heavy (non-hydrogen) atoms. The maximum Gasteiger partial charge on any atom is 0.198 e. The number of carbonyl (C=O) groups excluding carboxylic acids is 3. The smallest absolute Gasteiger partial charge is 0.198 e. The van der Waals surface area contributed by atoms with Crippen molar-refractivity contribution in [2.75, 3.05) is 0 Å². The highest BCUT2D eigenvalue weighted by molar-refractivity contribution is 6.30. The summed E-state index contributed by atoms with van der Waals surface area (Å²) < 4.78 is 0. The van der Waals surface area contributed by atoms with Crippen LogP contribution in [0.3, 0.4) is 0 Å². The fourth-order valence-corrected chi connectivity index (χ4v) is 3.85. The first kappa shape index (κ1) is 16.5. The average molecular weight is 352 g/mol. The molecular weight excluding hydrogens is 336 g/mol. The molecule has 3 N–H and O–H groups in total. The SMILES string of the molecule is CC(=O)C1(O)CCc2cc3c(c(O)c2C1)C(=O)c1cccc(O)c1C3=O. The second-order valence-corrected chi connectivity index (χ2v) is 6.91. The van der Waals surface area contributed by atoms with Gasteiger partial charge in [0.25, 0.3) is 0 Å². The fraction of sp³-hybridized carbons (Fsp3) is 0.250. The quantitative estimate of drug-likeness (QED) is 0.614. The number of benzene rings is 2. The van der Waals surface area contributed by atoms with Crippen molar-refractivity contribution < 1.29 is 29.7 Å². The monoisotopic (exact) mass is 352 g/mol. The van der Waals surface area contributed by atoms with Gasteiger partial charge in [-0.25, -0.2) is 0 Å². The first-order valence-corrected chi connectivity index (χ1v) is 8.27. The van der Waals surface area contributed by atoms with E-state index >= 15 is 0 Å². The van der Waals surface area contributed by atoms with Gasteiger partial charge in [0.15, 0.2) is 17.3 Å². The standard InChI is InChI=1S/C20H16O6/c1-9(21)20(26)6-5-10-7-12-16(19(25)13(10)8-20)17(23)11-3-2-4-14(22)15(11)18(12)24/h2-4,7,22,25-26H,5-6,8H2,1H3. The van der Waals surface area contributed by atoms with Gasteiger partial charge in [-0.15, -0.1) is 0 Å². The minimum atomic E-state index is -1.59. The van der Waals surface area contributed by atoms with Crippen LogP contribution in [-0.2, 0) is 17.6 Å². The molecule has 6 heteroatoms. The molecule has 0 spiro atoms. The Balaban J connectivity index is 1.95. The van der Waals surface area contributed by atoms with Crippen molar-refractivity contribution in [2.45, 2.75) is 31.8 Å². The number of ketones is 3. The van der Waals surface area contributed by atoms with E-state index in [1.165, 1.54) is 31.2 Å². The summed E-state index contributed by atoms with van der Waals surface area (Å²) in [5.74, 6) is -2.15. The van der Waals surface area contributed by atoms with Crippen molar-refractivity contribution in [1.29, 1.82) is 0 Å². The maximum absolute atomic E-state index is 12.9. The highest BCUT2D eigenvalue weighted by atomic mass is 16.3. The second kappa shape index (κ2) is 5.25. The van der Waals surface area contributed by atoms with E-state index in [-0.39, 0.29) is 46.6 Å². The Labute approximate surface area is 148 Å². The third-order valence-corrected chi connectivity index (χ3v) is 5.42. The summed E-state index contributed by atoms with van der Waals surface area (Å²) >= 11 is 0. The molecule has 2 aliphatic carbocycles. The van der Waals surface area contributed by atoms with Crippen LogP contribution in [0.5, 0.6) is 11.5 Å². The highest BCUT2D eigenvalue weighted by Gasteiger charge is 2.41. The molecule has 1 unspecified atom stereocenters. The van der Waals surface area contributed by atoms with Crippen molar-refractivity contribution in [3.8, 4) is 11.5 Å². The summed E-state index contributed by atoms with van der Waals surface area (Å²) in [7, 11) is 0. The van der Waals surface area contributed by atoms with Crippen LogP contribution in [0.15, 0.2) is 24.3 Å². The molecule has 2 aromatic rings. The predicted octanol–water partition coefficient (Wildman–Crippen LogP) is 1.68. The van der Waals surface area contributed by atoms with Crippen LogP contribution < -0.4 is 0 Å². The van der Waals surface area contributed by atoms with Crippen LogP contribution in [0.2, 0.25) is 0 Å². The Morgan fingerprint density at radius 3 is 2.46 bits per heavy atom. The predicted molar refractivity (Wildman–Crippen MR) is 90.7 cm³/mol. The minimum absolute atomic E-state index is 0.0235. The number of rotatable bonds is 1. The number of fused-ring (bicyclic) bond motifs is 3. The van der Waals surface area contributed by atoms with Gasteiger partial charge in [0.2, 0.25) is 0 Å². The lowest BCUT2D eigenvalue weighted by Crippen LogP contribution is -2.42. The summed E-state index contributed by atoms with van der Waals surface area (Å²) in [4.78, 5) is 37.4. The summed E-state index contributed by atoms with van der Waals surface area (Å²) in [5.41, 5.74) is -0.801. The molecule has 0 saturated heterocycles. The van der Waals surface area contributed by atoms with E-state index < -0.39 is 23.0 Å². The van der Waals surface area contributed by atoms with Gasteiger partial charge in [0.1, 0.15) is 17.1 Å². The van der Waals surface area contributed by atoms with Gasteiger partial charge in [-0.2, -0.15) is 0 Å². The van der Waals surface area contributed by atoms with E-state index in [1.807, 2.05) is 0 Å². The number of aliphatic hydroxyl groups is 1. The van der Waals surface area contributed by atoms with Gasteiger partial charge >= 0.3 is 0 Å². The van der Waals surface area contributed by atoms with Crippen molar-refractivity contribution in [3.63, 3.8) is 0 Å². The van der Waals surface area contributed by atoms with Crippen molar-refractivity contribution in [3.05, 3.63) is 57.6 Å². The molecule has 0 radical (unpaired) electrons. The van der Waals surface area contributed by atoms with Crippen LogP contribution in [0.25, 0.3) is 0 Å². The zero-order chi connectivity index (χ0) is 18.8. The Bertz CT molecular complexity index is 1020. The molecule has 0 aromatic heterocycles. The van der Waals surface area contributed by atoms with Crippen LogP contribution in [0.1, 0.15) is 56.3 Å². The first-order chi connectivity index (χ1) is 12.2. The first-order valence-electron chi connectivity index (χ1n) is 8.27. The largest absolute Gasteiger partial charge is 0.507 e. The molecule has 6 nitrogen and oxygen atoms in total. The lowest BCUT2D eigenvalue weighted by atomic mass is 9.74. The fourth-order valence-electron chi connectivity index (χ4n) is 3.85. The number of carbonyl (C=O) groups is 3. The minimum Gasteiger partial charge on any atom is -0.507 e. The molecule has 2 aliphatic rings. The lowest BCUT2D eigenvalue weighted by molar-refractivity contribution is -0.136. The Morgan fingerprint density at radius 2 is 1.77 bits per heavy atom. The van der Waals surface area contributed by atoms with Crippen LogP contribution in [0.4, 0.5) is 0 Å². The van der Waals surface area contributed by atoms with E-state index in [0.29, 0.717) is 17.5 Å². The van der Waals surface area contributed by atoms with Crippen LogP contribution >= 0.6 is 0 Å². The molecule has 132 valence electrons. The summed E-state index contributed by atoms with van der Waals surface area (Å²) in [6.45, 7) is 1.29. The molecule has 1 atom stereocenters. The van der Waals surface area contributed by atoms with Crippen molar-refractivity contribution >= 4 is 17.3 Å². The summed E-state index contributed by atoms with van der Waals surface area (Å²) in [6, 6.07) is 5.73. The van der Waals surface area contributed by atoms with Gasteiger partial charge in [0, 0.05) is 23.1 Å². The van der Waals surface area contributed by atoms with E-state index in [0.717, 1.165) is 0 Å². The molecule has 0 bridgehead atoms. The zero-order valence-corrected chi connectivity index (χ0v) is 14.0. The summed E-state index contributed by atoms with van der Waals surface area (Å²) in [6.07, 6.45) is 0.365. The van der Waals surface area contributed by atoms with E-state index in [2.05, 4.69) is 0 Å². The average Bonchev–Trinajstić information content (AvgIpc) is 2.60. The topological polar surface area (TPSA) is 112 Å². The number of phenolic OH excluding ortho intramolecular Hbond substituents is 2. The van der Waals surface area contributed by atoms with Gasteiger partial charge in [-0.1, -0.05) is 12.1 Å². The third-order valence-electron chi connectivity index (χ3n) is 5.42. The van der Waals surface area contributed by atoms with E-state index in [9.17, 15) is 29.7 Å². The molecule has 0 fully saturated rings. The Hall–Kier alpha value is -2.99. The molecule has 0 saturated carbocycles. The van der Waals surface area contributed by atoms with Crippen molar-refractivity contribution in [1.82, 2.24) is 0 Å². The number of aryl methyl sites for hydroxylation is 1. The zero-order valence-electron chi connectivity index (χ0n) is 14.0. The molecule has 0 heterocycles. The van der Waals surface area contributed by atoms with E-state index in [4.69, 9.17) is 0 Å². The highest BCUT2D eigenvalue weighted by Crippen LogP contribution is 2.43. The van der Waals surface area contributed by atoms with Gasteiger partial charge in [0.05, 0.1) is 11.1 Å². The second-order valence-electron chi connectivity index (χ2n) is 6.91. The molecule has 4 rings (SSSR count). The summed E-state index contributed by atoms with van der Waals surface area (Å²) in [5, 5.41) is 31.2. The van der Waals surface area contributed by atoms with Crippen LogP contribution in [-0.4, -0.2) is 38.3 Å². The van der Waals surface area contributed by atoms with Gasteiger partial charge in [-0.3, -0.25) is 14.4 Å². The van der Waals surface area contributed by atoms with Crippen LogP contribution in [0, 0.1) is 0 Å². The molecule has 0 amide bonds. The lowest BCUT2D eigenvalue weighted by Gasteiger charge is -2.33. The number of aromatic hydroxyl groups is 2. The number of phenols is 2.